The van der Waals surface area contributed by atoms with Crippen molar-refractivity contribution in [2.45, 2.75) is 18.7 Å². The van der Waals surface area contributed by atoms with Crippen molar-refractivity contribution >= 4 is 21.8 Å². The molecule has 1 fully saturated rings. The predicted octanol–water partition coefficient (Wildman–Crippen LogP) is 4.35. The summed E-state index contributed by atoms with van der Waals surface area (Å²) in [5.41, 5.74) is 2.50. The molecule has 0 radical (unpaired) electrons. The van der Waals surface area contributed by atoms with Gasteiger partial charge in [0.25, 0.3) is 0 Å². The first-order valence-corrected chi connectivity index (χ1v) is 9.35. The summed E-state index contributed by atoms with van der Waals surface area (Å²) in [6.45, 7) is 2.61. The van der Waals surface area contributed by atoms with Gasteiger partial charge in [0.2, 0.25) is 0 Å². The van der Waals surface area contributed by atoms with Gasteiger partial charge in [-0.1, -0.05) is 36.4 Å². The van der Waals surface area contributed by atoms with Crippen LogP contribution in [0.3, 0.4) is 0 Å². The lowest BCUT2D eigenvalue weighted by molar-refractivity contribution is -0.0382. The van der Waals surface area contributed by atoms with Crippen LogP contribution in [0.1, 0.15) is 18.7 Å². The fraction of sp³-hybridized carbons (Fsp3) is 0.273. The van der Waals surface area contributed by atoms with Crippen LogP contribution in [0.4, 0.5) is 0 Å². The summed E-state index contributed by atoms with van der Waals surface area (Å²) in [6, 6.07) is 21.7. The number of benzene rings is 2. The van der Waals surface area contributed by atoms with E-state index >= 15 is 0 Å². The molecular weight excluding hydrogens is 322 g/mol. The van der Waals surface area contributed by atoms with E-state index in [2.05, 4.69) is 87.5 Å². The molecule has 1 aliphatic heterocycles. The van der Waals surface area contributed by atoms with Gasteiger partial charge in [-0.25, -0.2) is 0 Å². The van der Waals surface area contributed by atoms with Crippen molar-refractivity contribution in [2.24, 2.45) is 0 Å². The van der Waals surface area contributed by atoms with Crippen molar-refractivity contribution in [3.05, 3.63) is 73.1 Å². The van der Waals surface area contributed by atoms with Crippen molar-refractivity contribution in [3.8, 4) is 0 Å². The van der Waals surface area contributed by atoms with Gasteiger partial charge in [0.05, 0.1) is 18.2 Å². The van der Waals surface area contributed by atoms with Crippen LogP contribution in [0.5, 0.6) is 0 Å². The molecule has 2 aromatic heterocycles. The fourth-order valence-electron chi connectivity index (χ4n) is 4.14. The van der Waals surface area contributed by atoms with E-state index < -0.39 is 0 Å². The molecule has 1 aliphatic rings. The smallest absolute Gasteiger partial charge is 0.154 e. The summed E-state index contributed by atoms with van der Waals surface area (Å²) in [6.07, 6.45) is 5.38. The van der Waals surface area contributed by atoms with Crippen LogP contribution in [0.2, 0.25) is 0 Å². The molecule has 0 spiro atoms. The van der Waals surface area contributed by atoms with Crippen LogP contribution in [0.15, 0.2) is 73.1 Å². The topological polar surface area (TPSA) is 31.1 Å². The first-order valence-electron chi connectivity index (χ1n) is 9.35. The Bertz CT molecular complexity index is 948. The third-order valence-corrected chi connectivity index (χ3v) is 5.40. The van der Waals surface area contributed by atoms with Gasteiger partial charge in [-0.05, 0) is 48.0 Å². The van der Waals surface area contributed by atoms with Crippen LogP contribution in [0, 0.1) is 0 Å². The average molecular weight is 345 g/mol. The SMILES string of the molecule is c1ccc2c(c1)ccn2C1CCNCCOC1n1ccc2ccccc21. The highest BCUT2D eigenvalue weighted by atomic mass is 16.5. The number of para-hydroxylation sites is 2. The van der Waals surface area contributed by atoms with Gasteiger partial charge in [0.15, 0.2) is 6.23 Å². The maximum absolute atomic E-state index is 6.40. The fourth-order valence-corrected chi connectivity index (χ4v) is 4.14. The number of hydrogen-bond acceptors (Lipinski definition) is 2. The second-order valence-corrected chi connectivity index (χ2v) is 6.93. The zero-order chi connectivity index (χ0) is 17.3. The van der Waals surface area contributed by atoms with E-state index in [1.54, 1.807) is 0 Å². The lowest BCUT2D eigenvalue weighted by atomic mass is 10.1. The molecule has 4 aromatic rings. The van der Waals surface area contributed by atoms with Crippen LogP contribution in [0.25, 0.3) is 21.8 Å². The molecule has 4 nitrogen and oxygen atoms in total. The first-order chi connectivity index (χ1) is 12.9. The summed E-state index contributed by atoms with van der Waals surface area (Å²) in [7, 11) is 0. The monoisotopic (exact) mass is 345 g/mol. The summed E-state index contributed by atoms with van der Waals surface area (Å²) in [4.78, 5) is 0. The summed E-state index contributed by atoms with van der Waals surface area (Å²) < 4.78 is 11.1. The minimum Gasteiger partial charge on any atom is -0.354 e. The van der Waals surface area contributed by atoms with Crippen LogP contribution >= 0.6 is 0 Å². The number of aromatic nitrogens is 2. The van der Waals surface area contributed by atoms with E-state index in [0.717, 1.165) is 19.5 Å². The number of hydrogen-bond donors (Lipinski definition) is 1. The molecule has 1 N–H and O–H groups in total. The maximum Gasteiger partial charge on any atom is 0.154 e. The zero-order valence-electron chi connectivity index (χ0n) is 14.7. The minimum absolute atomic E-state index is 0.0205. The average Bonchev–Trinajstić information content (AvgIpc) is 3.27. The molecule has 0 aliphatic carbocycles. The minimum atomic E-state index is -0.0205. The lowest BCUT2D eigenvalue weighted by Crippen LogP contribution is -2.34. The van der Waals surface area contributed by atoms with Crippen molar-refractivity contribution in [1.82, 2.24) is 14.5 Å². The summed E-state index contributed by atoms with van der Waals surface area (Å²) in [5.74, 6) is 0. The van der Waals surface area contributed by atoms with Crippen LogP contribution < -0.4 is 5.32 Å². The Hall–Kier alpha value is -2.56. The normalized spacial score (nSPS) is 21.7. The predicted molar refractivity (Wildman–Crippen MR) is 105 cm³/mol. The molecule has 132 valence electrons. The lowest BCUT2D eigenvalue weighted by Gasteiger charge is -2.33. The van der Waals surface area contributed by atoms with E-state index in [1.807, 2.05) is 0 Å². The molecule has 5 rings (SSSR count). The Balaban J connectivity index is 1.64. The molecule has 2 atom stereocenters. The molecule has 1 saturated heterocycles. The quantitative estimate of drug-likeness (QED) is 0.586. The van der Waals surface area contributed by atoms with E-state index in [1.165, 1.54) is 21.8 Å². The zero-order valence-corrected chi connectivity index (χ0v) is 14.7. The van der Waals surface area contributed by atoms with Crippen molar-refractivity contribution < 1.29 is 4.74 Å². The van der Waals surface area contributed by atoms with Crippen LogP contribution in [-0.4, -0.2) is 28.8 Å². The van der Waals surface area contributed by atoms with Gasteiger partial charge >= 0.3 is 0 Å². The highest BCUT2D eigenvalue weighted by molar-refractivity contribution is 5.81. The number of nitrogens with one attached hydrogen (secondary N) is 1. The van der Waals surface area contributed by atoms with E-state index in [0.29, 0.717) is 6.61 Å². The molecule has 0 amide bonds. The molecule has 0 saturated carbocycles. The van der Waals surface area contributed by atoms with E-state index in [4.69, 9.17) is 4.74 Å². The number of fused-ring (bicyclic) bond motifs is 2. The molecule has 3 heterocycles. The highest BCUT2D eigenvalue weighted by Crippen LogP contribution is 2.34. The molecule has 26 heavy (non-hydrogen) atoms. The first kappa shape index (κ1) is 15.7. The van der Waals surface area contributed by atoms with Gasteiger partial charge in [0.1, 0.15) is 0 Å². The van der Waals surface area contributed by atoms with Gasteiger partial charge in [-0.2, -0.15) is 0 Å². The molecule has 2 aromatic carbocycles. The number of ether oxygens (including phenoxy) is 1. The molecular formula is C22H23N3O. The largest absolute Gasteiger partial charge is 0.354 e. The third-order valence-electron chi connectivity index (χ3n) is 5.40. The molecule has 4 heteroatoms. The highest BCUT2D eigenvalue weighted by Gasteiger charge is 2.28. The molecule has 2 unspecified atom stereocenters. The Kier molecular flexibility index (Phi) is 4.00. The maximum atomic E-state index is 6.40. The second-order valence-electron chi connectivity index (χ2n) is 6.93. The van der Waals surface area contributed by atoms with Crippen molar-refractivity contribution in [3.63, 3.8) is 0 Å². The van der Waals surface area contributed by atoms with Gasteiger partial charge in [0, 0.05) is 24.5 Å². The second kappa shape index (κ2) is 6.63. The number of rotatable bonds is 2. The van der Waals surface area contributed by atoms with Gasteiger partial charge in [-0.3, -0.25) is 0 Å². The van der Waals surface area contributed by atoms with E-state index in [-0.39, 0.29) is 12.3 Å². The third kappa shape index (κ3) is 2.62. The van der Waals surface area contributed by atoms with Crippen molar-refractivity contribution in [2.75, 3.05) is 19.7 Å². The summed E-state index contributed by atoms with van der Waals surface area (Å²) >= 11 is 0. The molecule has 0 bridgehead atoms. The Labute approximate surface area is 153 Å². The standard InChI is InChI=1S/C22H23N3O/c1-3-7-19-17(5-1)10-14-24(19)21-9-12-23-13-16-26-22(21)25-15-11-18-6-2-4-8-20(18)25/h1-8,10-11,14-15,21-23H,9,12-13,16H2. The van der Waals surface area contributed by atoms with Crippen LogP contribution in [-0.2, 0) is 4.74 Å². The Morgan fingerprint density at radius 2 is 1.42 bits per heavy atom. The van der Waals surface area contributed by atoms with Crippen molar-refractivity contribution in [1.29, 1.82) is 0 Å². The van der Waals surface area contributed by atoms with Gasteiger partial charge in [-0.15, -0.1) is 0 Å². The Morgan fingerprint density at radius 1 is 0.769 bits per heavy atom. The van der Waals surface area contributed by atoms with E-state index in [9.17, 15) is 0 Å². The summed E-state index contributed by atoms with van der Waals surface area (Å²) in [5, 5.41) is 6.02. The number of nitrogens with zero attached hydrogens (tertiary/aromatic N) is 2. The Morgan fingerprint density at radius 3 is 2.19 bits per heavy atom. The van der Waals surface area contributed by atoms with Gasteiger partial charge < -0.3 is 19.2 Å².